The zero-order chi connectivity index (χ0) is 19.4. The monoisotopic (exact) mass is 433 g/mol. The summed E-state index contributed by atoms with van der Waals surface area (Å²) in [6, 6.07) is 7.79. The first-order valence-electron chi connectivity index (χ1n) is 9.14. The number of aliphatic hydroxyl groups excluding tert-OH is 1. The van der Waals surface area contributed by atoms with Crippen molar-refractivity contribution in [2.24, 2.45) is 5.73 Å². The lowest BCUT2D eigenvalue weighted by Gasteiger charge is -2.27. The molecule has 0 atom stereocenters. The first-order chi connectivity index (χ1) is 13.0. The van der Waals surface area contributed by atoms with E-state index in [0.29, 0.717) is 23.8 Å². The van der Waals surface area contributed by atoms with Gasteiger partial charge in [0.15, 0.2) is 11.5 Å². The number of nitrogens with one attached hydrogen (secondary N) is 2. The normalized spacial score (nSPS) is 19.5. The van der Waals surface area contributed by atoms with E-state index >= 15 is 0 Å². The van der Waals surface area contributed by atoms with E-state index in [1.54, 1.807) is 0 Å². The van der Waals surface area contributed by atoms with Crippen molar-refractivity contribution in [1.29, 1.82) is 0 Å². The number of carbonyl (C=O) groups excluding carboxylic acids is 1. The lowest BCUT2D eigenvalue weighted by atomic mass is 9.93. The zero-order valence-corrected chi connectivity index (χ0v) is 16.8. The van der Waals surface area contributed by atoms with Crippen LogP contribution in [0.3, 0.4) is 0 Å². The van der Waals surface area contributed by atoms with Crippen molar-refractivity contribution < 1.29 is 9.90 Å². The predicted octanol–water partition coefficient (Wildman–Crippen LogP) is 3.36. The van der Waals surface area contributed by atoms with Crippen molar-refractivity contribution in [2.75, 3.05) is 10.6 Å². The molecule has 7 nitrogen and oxygen atoms in total. The van der Waals surface area contributed by atoms with Crippen LogP contribution in [0, 0.1) is 0 Å². The molecule has 1 aromatic heterocycles. The number of amides is 1. The number of aromatic nitrogens is 2. The van der Waals surface area contributed by atoms with Gasteiger partial charge in [0.1, 0.15) is 5.82 Å². The third kappa shape index (κ3) is 4.95. The molecular weight excluding hydrogens is 410 g/mol. The molecule has 1 aliphatic carbocycles. The summed E-state index contributed by atoms with van der Waals surface area (Å²) < 4.78 is 0.908. The van der Waals surface area contributed by atoms with Crippen molar-refractivity contribution in [3.05, 3.63) is 40.1 Å². The second-order valence-corrected chi connectivity index (χ2v) is 7.63. The molecule has 1 saturated carbocycles. The Kier molecular flexibility index (Phi) is 6.28. The van der Waals surface area contributed by atoms with Crippen molar-refractivity contribution in [3.8, 4) is 0 Å². The molecule has 0 spiro atoms. The quantitative estimate of drug-likeness (QED) is 0.555. The van der Waals surface area contributed by atoms with Crippen LogP contribution in [0.25, 0.3) is 0 Å². The number of aliphatic hydroxyl groups is 1. The molecule has 27 heavy (non-hydrogen) atoms. The van der Waals surface area contributed by atoms with Gasteiger partial charge in [-0.25, -0.2) is 9.97 Å². The number of hydrogen-bond acceptors (Lipinski definition) is 6. The molecule has 0 unspecified atom stereocenters. The molecule has 5 N–H and O–H groups in total. The smallest absolute Gasteiger partial charge is 0.271 e. The highest BCUT2D eigenvalue weighted by atomic mass is 79.9. The van der Waals surface area contributed by atoms with Gasteiger partial charge in [-0.1, -0.05) is 28.9 Å². The minimum Gasteiger partial charge on any atom is -0.393 e. The number of nitrogens with two attached hydrogens (primary N) is 1. The van der Waals surface area contributed by atoms with Gasteiger partial charge in [0, 0.05) is 16.2 Å². The lowest BCUT2D eigenvalue weighted by Crippen LogP contribution is -2.29. The van der Waals surface area contributed by atoms with Crippen LogP contribution < -0.4 is 16.4 Å². The second-order valence-electron chi connectivity index (χ2n) is 6.72. The SMILES string of the molecule is CCc1nc(C(N)=O)c(Nc2cccc(Br)c2)nc1N[C@H]1CC[C@H](O)CC1. The van der Waals surface area contributed by atoms with Crippen molar-refractivity contribution >= 4 is 39.2 Å². The summed E-state index contributed by atoms with van der Waals surface area (Å²) in [5, 5.41) is 16.3. The number of benzene rings is 1. The molecule has 0 aliphatic heterocycles. The summed E-state index contributed by atoms with van der Waals surface area (Å²) in [6.45, 7) is 1.96. The third-order valence-electron chi connectivity index (χ3n) is 4.66. The first kappa shape index (κ1) is 19.6. The minimum atomic E-state index is -0.623. The minimum absolute atomic E-state index is 0.122. The number of aryl methyl sites for hydroxylation is 1. The van der Waals surface area contributed by atoms with E-state index in [9.17, 15) is 9.90 Å². The summed E-state index contributed by atoms with van der Waals surface area (Å²) in [5.41, 5.74) is 7.13. The molecule has 1 aromatic carbocycles. The number of anilines is 3. The number of carbonyl (C=O) groups is 1. The van der Waals surface area contributed by atoms with E-state index in [1.807, 2.05) is 31.2 Å². The molecule has 1 heterocycles. The van der Waals surface area contributed by atoms with E-state index in [2.05, 4.69) is 36.5 Å². The third-order valence-corrected chi connectivity index (χ3v) is 5.15. The average molecular weight is 434 g/mol. The van der Waals surface area contributed by atoms with Crippen molar-refractivity contribution in [3.63, 3.8) is 0 Å². The Morgan fingerprint density at radius 1 is 1.26 bits per heavy atom. The highest BCUT2D eigenvalue weighted by Crippen LogP contribution is 2.27. The second kappa shape index (κ2) is 8.67. The van der Waals surface area contributed by atoms with Gasteiger partial charge in [0.25, 0.3) is 5.91 Å². The summed E-state index contributed by atoms with van der Waals surface area (Å²) in [5.74, 6) is 0.361. The summed E-state index contributed by atoms with van der Waals surface area (Å²) in [7, 11) is 0. The molecule has 1 fully saturated rings. The van der Waals surface area contributed by atoms with Gasteiger partial charge < -0.3 is 21.5 Å². The van der Waals surface area contributed by atoms with E-state index in [1.165, 1.54) is 0 Å². The summed E-state index contributed by atoms with van der Waals surface area (Å²) in [6.07, 6.45) is 3.70. The molecule has 144 valence electrons. The van der Waals surface area contributed by atoms with Gasteiger partial charge in [-0.05, 0) is 50.3 Å². The Morgan fingerprint density at radius 3 is 2.63 bits per heavy atom. The van der Waals surface area contributed by atoms with Crippen LogP contribution in [0.5, 0.6) is 0 Å². The van der Waals surface area contributed by atoms with Gasteiger partial charge in [-0.2, -0.15) is 0 Å². The average Bonchev–Trinajstić information content (AvgIpc) is 2.63. The maximum absolute atomic E-state index is 11.9. The zero-order valence-electron chi connectivity index (χ0n) is 15.2. The molecule has 2 aromatic rings. The van der Waals surface area contributed by atoms with Crippen LogP contribution in [-0.2, 0) is 6.42 Å². The highest BCUT2D eigenvalue weighted by Gasteiger charge is 2.22. The molecule has 1 amide bonds. The van der Waals surface area contributed by atoms with E-state index in [4.69, 9.17) is 5.73 Å². The first-order valence-corrected chi connectivity index (χ1v) is 9.93. The number of nitrogens with zero attached hydrogens (tertiary/aromatic N) is 2. The topological polar surface area (TPSA) is 113 Å². The van der Waals surface area contributed by atoms with E-state index in [0.717, 1.165) is 35.8 Å². The Balaban J connectivity index is 1.91. The Labute approximate surface area is 166 Å². The fourth-order valence-electron chi connectivity index (χ4n) is 3.21. The Bertz CT molecular complexity index is 822. The Morgan fingerprint density at radius 2 is 2.00 bits per heavy atom. The maximum Gasteiger partial charge on any atom is 0.271 e. The predicted molar refractivity (Wildman–Crippen MR) is 109 cm³/mol. The largest absolute Gasteiger partial charge is 0.393 e. The van der Waals surface area contributed by atoms with Crippen LogP contribution in [0.1, 0.15) is 48.8 Å². The van der Waals surface area contributed by atoms with Gasteiger partial charge in [-0.15, -0.1) is 0 Å². The van der Waals surface area contributed by atoms with Crippen LogP contribution in [-0.4, -0.2) is 33.1 Å². The molecule has 8 heteroatoms. The summed E-state index contributed by atoms with van der Waals surface area (Å²) in [4.78, 5) is 21.0. The van der Waals surface area contributed by atoms with Crippen LogP contribution in [0.4, 0.5) is 17.3 Å². The van der Waals surface area contributed by atoms with Gasteiger partial charge >= 0.3 is 0 Å². The Hall–Kier alpha value is -2.19. The molecule has 0 saturated heterocycles. The molecule has 1 aliphatic rings. The van der Waals surface area contributed by atoms with E-state index < -0.39 is 5.91 Å². The number of primary amides is 1. The number of hydrogen-bond donors (Lipinski definition) is 4. The van der Waals surface area contributed by atoms with Crippen LogP contribution in [0.2, 0.25) is 0 Å². The fraction of sp³-hybridized carbons (Fsp3) is 0.421. The molecule has 0 bridgehead atoms. The highest BCUT2D eigenvalue weighted by molar-refractivity contribution is 9.10. The van der Waals surface area contributed by atoms with Crippen LogP contribution >= 0.6 is 15.9 Å². The molecule has 3 rings (SSSR count). The van der Waals surface area contributed by atoms with Crippen molar-refractivity contribution in [2.45, 2.75) is 51.2 Å². The van der Waals surface area contributed by atoms with Gasteiger partial charge in [0.05, 0.1) is 11.8 Å². The standard InChI is InChI=1S/C19H24BrN5O2/c1-2-15-18(22-12-6-8-14(26)9-7-12)25-19(16(24-15)17(21)27)23-13-5-3-4-11(20)10-13/h3-5,10,12,14,26H,2,6-9H2,1H3,(H2,21,27)(H2,22,23,25)/t12-,14-. The molecule has 0 radical (unpaired) electrons. The lowest BCUT2D eigenvalue weighted by molar-refractivity contribution is 0.0996. The van der Waals surface area contributed by atoms with Gasteiger partial charge in [0.2, 0.25) is 0 Å². The van der Waals surface area contributed by atoms with Gasteiger partial charge in [-0.3, -0.25) is 4.79 Å². The number of rotatable bonds is 6. The number of halogens is 1. The molecular formula is C19H24BrN5O2. The van der Waals surface area contributed by atoms with E-state index in [-0.39, 0.29) is 17.8 Å². The summed E-state index contributed by atoms with van der Waals surface area (Å²) >= 11 is 3.43. The van der Waals surface area contributed by atoms with Crippen LogP contribution in [0.15, 0.2) is 28.7 Å². The van der Waals surface area contributed by atoms with Crippen molar-refractivity contribution in [1.82, 2.24) is 9.97 Å². The fourth-order valence-corrected chi connectivity index (χ4v) is 3.61. The maximum atomic E-state index is 11.9.